The number of aldehydes is 1. The number of aryl methyl sites for hydroxylation is 2. The van der Waals surface area contributed by atoms with E-state index in [-0.39, 0.29) is 5.92 Å². The third-order valence-corrected chi connectivity index (χ3v) is 2.63. The molecule has 0 aliphatic rings. The van der Waals surface area contributed by atoms with Crippen molar-refractivity contribution in [1.82, 2.24) is 0 Å². The quantitative estimate of drug-likeness (QED) is 0.666. The lowest BCUT2D eigenvalue weighted by Gasteiger charge is -2.10. The van der Waals surface area contributed by atoms with E-state index in [0.717, 1.165) is 17.4 Å². The van der Waals surface area contributed by atoms with Crippen LogP contribution in [0.5, 0.6) is 0 Å². The third kappa shape index (κ3) is 2.11. The maximum atomic E-state index is 10.6. The molecular formula is C13H16O. The van der Waals surface area contributed by atoms with Crippen LogP contribution in [-0.4, -0.2) is 6.29 Å². The Hall–Kier alpha value is -1.37. The summed E-state index contributed by atoms with van der Waals surface area (Å²) in [5.74, 6) is -0.0999. The molecule has 1 aromatic carbocycles. The van der Waals surface area contributed by atoms with Gasteiger partial charge in [-0.15, -0.1) is 0 Å². The molecule has 1 unspecified atom stereocenters. The number of carbonyl (C=O) groups is 1. The SMILES string of the molecule is C=C(c1ccc(C)c(C)c1)C(C)C=O. The van der Waals surface area contributed by atoms with Gasteiger partial charge in [0.05, 0.1) is 0 Å². The van der Waals surface area contributed by atoms with Crippen LogP contribution in [0.1, 0.15) is 23.6 Å². The zero-order valence-corrected chi connectivity index (χ0v) is 9.00. The van der Waals surface area contributed by atoms with Gasteiger partial charge in [0.15, 0.2) is 0 Å². The van der Waals surface area contributed by atoms with Crippen molar-refractivity contribution in [3.8, 4) is 0 Å². The van der Waals surface area contributed by atoms with Crippen molar-refractivity contribution >= 4 is 11.9 Å². The van der Waals surface area contributed by atoms with Crippen molar-refractivity contribution in [2.75, 3.05) is 0 Å². The van der Waals surface area contributed by atoms with Crippen molar-refractivity contribution in [2.45, 2.75) is 20.8 Å². The van der Waals surface area contributed by atoms with Crippen LogP contribution < -0.4 is 0 Å². The molecule has 0 bridgehead atoms. The standard InChI is InChI=1S/C13H16O/c1-9-5-6-13(7-10(9)2)12(4)11(3)8-14/h5-8,11H,4H2,1-3H3. The highest BCUT2D eigenvalue weighted by atomic mass is 16.1. The third-order valence-electron chi connectivity index (χ3n) is 2.63. The second kappa shape index (κ2) is 4.23. The summed E-state index contributed by atoms with van der Waals surface area (Å²) >= 11 is 0. The predicted molar refractivity (Wildman–Crippen MR) is 60.2 cm³/mol. The molecule has 0 heterocycles. The van der Waals surface area contributed by atoms with Gasteiger partial charge < -0.3 is 4.79 Å². The predicted octanol–water partition coefficient (Wildman–Crippen LogP) is 3.15. The number of allylic oxidation sites excluding steroid dienone is 1. The van der Waals surface area contributed by atoms with E-state index < -0.39 is 0 Å². The molecule has 0 radical (unpaired) electrons. The first-order valence-electron chi connectivity index (χ1n) is 4.78. The summed E-state index contributed by atoms with van der Waals surface area (Å²) in [6.45, 7) is 9.94. The van der Waals surface area contributed by atoms with Crippen molar-refractivity contribution < 1.29 is 4.79 Å². The molecule has 14 heavy (non-hydrogen) atoms. The van der Waals surface area contributed by atoms with Crippen LogP contribution in [0, 0.1) is 19.8 Å². The van der Waals surface area contributed by atoms with Gasteiger partial charge in [0.2, 0.25) is 0 Å². The summed E-state index contributed by atoms with van der Waals surface area (Å²) in [5.41, 5.74) is 4.46. The summed E-state index contributed by atoms with van der Waals surface area (Å²) < 4.78 is 0. The Morgan fingerprint density at radius 1 is 1.36 bits per heavy atom. The lowest BCUT2D eigenvalue weighted by molar-refractivity contribution is -0.109. The van der Waals surface area contributed by atoms with E-state index in [4.69, 9.17) is 0 Å². The smallest absolute Gasteiger partial charge is 0.127 e. The van der Waals surface area contributed by atoms with Crippen LogP contribution >= 0.6 is 0 Å². The zero-order chi connectivity index (χ0) is 10.7. The summed E-state index contributed by atoms with van der Waals surface area (Å²) in [5, 5.41) is 0. The highest BCUT2D eigenvalue weighted by Gasteiger charge is 2.07. The Kier molecular flexibility index (Phi) is 3.23. The molecule has 0 aliphatic carbocycles. The average Bonchev–Trinajstić information content (AvgIpc) is 2.20. The minimum absolute atomic E-state index is 0.0999. The van der Waals surface area contributed by atoms with E-state index >= 15 is 0 Å². The fourth-order valence-corrected chi connectivity index (χ4v) is 1.29. The molecule has 0 spiro atoms. The second-order valence-corrected chi connectivity index (χ2v) is 3.75. The number of hydrogen-bond acceptors (Lipinski definition) is 1. The minimum Gasteiger partial charge on any atom is -0.303 e. The highest BCUT2D eigenvalue weighted by Crippen LogP contribution is 2.22. The normalized spacial score (nSPS) is 12.2. The Bertz CT molecular complexity index is 363. The van der Waals surface area contributed by atoms with Crippen LogP contribution in [0.2, 0.25) is 0 Å². The first-order chi connectivity index (χ1) is 6.56. The molecule has 0 fully saturated rings. The van der Waals surface area contributed by atoms with Gasteiger partial charge in [0.25, 0.3) is 0 Å². The molecule has 1 atom stereocenters. The van der Waals surface area contributed by atoms with Gasteiger partial charge in [-0.3, -0.25) is 0 Å². The lowest BCUT2D eigenvalue weighted by Crippen LogP contribution is -1.99. The van der Waals surface area contributed by atoms with E-state index in [0.29, 0.717) is 0 Å². The molecule has 1 heteroatoms. The molecule has 1 aromatic rings. The van der Waals surface area contributed by atoms with E-state index in [9.17, 15) is 4.79 Å². The number of rotatable bonds is 3. The number of hydrogen-bond donors (Lipinski definition) is 0. The van der Waals surface area contributed by atoms with Gasteiger partial charge in [-0.25, -0.2) is 0 Å². The van der Waals surface area contributed by atoms with E-state index in [2.05, 4.69) is 32.6 Å². The topological polar surface area (TPSA) is 17.1 Å². The van der Waals surface area contributed by atoms with Gasteiger partial charge in [-0.1, -0.05) is 31.7 Å². The fourth-order valence-electron chi connectivity index (χ4n) is 1.29. The van der Waals surface area contributed by atoms with Gasteiger partial charge in [-0.05, 0) is 36.1 Å². The van der Waals surface area contributed by atoms with Crippen molar-refractivity contribution in [1.29, 1.82) is 0 Å². The minimum atomic E-state index is -0.0999. The van der Waals surface area contributed by atoms with Crippen LogP contribution in [0.3, 0.4) is 0 Å². The van der Waals surface area contributed by atoms with Gasteiger partial charge >= 0.3 is 0 Å². The molecule has 74 valence electrons. The molecule has 0 N–H and O–H groups in total. The first kappa shape index (κ1) is 10.7. The Morgan fingerprint density at radius 3 is 2.50 bits per heavy atom. The van der Waals surface area contributed by atoms with Crippen molar-refractivity contribution in [3.05, 3.63) is 41.5 Å². The Balaban J connectivity index is 3.02. The molecule has 0 saturated heterocycles. The largest absolute Gasteiger partial charge is 0.303 e. The maximum absolute atomic E-state index is 10.6. The zero-order valence-electron chi connectivity index (χ0n) is 9.00. The van der Waals surface area contributed by atoms with E-state index in [1.165, 1.54) is 11.1 Å². The second-order valence-electron chi connectivity index (χ2n) is 3.75. The maximum Gasteiger partial charge on any atom is 0.127 e. The van der Waals surface area contributed by atoms with Gasteiger partial charge in [-0.2, -0.15) is 0 Å². The highest BCUT2D eigenvalue weighted by molar-refractivity contribution is 5.79. The van der Waals surface area contributed by atoms with Gasteiger partial charge in [0.1, 0.15) is 6.29 Å². The van der Waals surface area contributed by atoms with Crippen LogP contribution in [-0.2, 0) is 4.79 Å². The molecule has 0 saturated carbocycles. The van der Waals surface area contributed by atoms with Crippen molar-refractivity contribution in [2.24, 2.45) is 5.92 Å². The molecule has 1 nitrogen and oxygen atoms in total. The average molecular weight is 188 g/mol. The molecule has 0 aliphatic heterocycles. The number of carbonyl (C=O) groups excluding carboxylic acids is 1. The fraction of sp³-hybridized carbons (Fsp3) is 0.308. The molecule has 0 amide bonds. The van der Waals surface area contributed by atoms with Gasteiger partial charge in [0, 0.05) is 5.92 Å². The summed E-state index contributed by atoms with van der Waals surface area (Å²) in [6, 6.07) is 6.16. The Labute approximate surface area is 85.5 Å². The van der Waals surface area contributed by atoms with E-state index in [1.54, 1.807) is 0 Å². The lowest BCUT2D eigenvalue weighted by atomic mass is 9.94. The first-order valence-corrected chi connectivity index (χ1v) is 4.78. The van der Waals surface area contributed by atoms with Crippen LogP contribution in [0.15, 0.2) is 24.8 Å². The Morgan fingerprint density at radius 2 is 2.00 bits per heavy atom. The van der Waals surface area contributed by atoms with Crippen LogP contribution in [0.25, 0.3) is 5.57 Å². The van der Waals surface area contributed by atoms with E-state index in [1.807, 2.05) is 13.0 Å². The summed E-state index contributed by atoms with van der Waals surface area (Å²) in [4.78, 5) is 10.6. The number of benzene rings is 1. The van der Waals surface area contributed by atoms with Crippen molar-refractivity contribution in [3.63, 3.8) is 0 Å². The summed E-state index contributed by atoms with van der Waals surface area (Å²) in [7, 11) is 0. The molecular weight excluding hydrogens is 172 g/mol. The monoisotopic (exact) mass is 188 g/mol. The van der Waals surface area contributed by atoms with Crippen LogP contribution in [0.4, 0.5) is 0 Å². The summed E-state index contributed by atoms with van der Waals surface area (Å²) in [6.07, 6.45) is 0.928. The molecule has 0 aromatic heterocycles. The molecule has 1 rings (SSSR count).